The molecule has 222 valence electrons. The molecule has 1 aliphatic carbocycles. The quantitative estimate of drug-likeness (QED) is 0.331. The molecular weight excluding hydrogens is 501 g/mol. The Bertz CT molecular complexity index is 1200. The zero-order valence-electron chi connectivity index (χ0n) is 26.2. The SMILES string of the molecule is CC.CCCC(C)=O.CCCc1c(N2CCNC3(CC3)C2)ccnc1C.CCCc1ccc2nn(C)cc2c1F. The third-order valence-corrected chi connectivity index (χ3v) is 7.26. The Morgan fingerprint density at radius 3 is 2.35 bits per heavy atom. The van der Waals surface area contributed by atoms with Crippen molar-refractivity contribution in [3.05, 3.63) is 53.2 Å². The highest BCUT2D eigenvalue weighted by atomic mass is 19.1. The predicted molar refractivity (Wildman–Crippen MR) is 167 cm³/mol. The molecule has 0 atom stereocenters. The van der Waals surface area contributed by atoms with Gasteiger partial charge >= 0.3 is 0 Å². The number of hydrogen-bond acceptors (Lipinski definition) is 5. The van der Waals surface area contributed by atoms with E-state index in [4.69, 9.17) is 0 Å². The highest BCUT2D eigenvalue weighted by molar-refractivity contribution is 5.79. The summed E-state index contributed by atoms with van der Waals surface area (Å²) in [5.41, 5.74) is 6.05. The topological polar surface area (TPSA) is 63.1 Å². The maximum atomic E-state index is 13.8. The van der Waals surface area contributed by atoms with Crippen LogP contribution in [-0.4, -0.2) is 45.7 Å². The number of ketones is 1. The number of hydrogen-bond donors (Lipinski definition) is 1. The Morgan fingerprint density at radius 1 is 1.07 bits per heavy atom. The van der Waals surface area contributed by atoms with Crippen molar-refractivity contribution in [2.45, 2.75) is 105 Å². The summed E-state index contributed by atoms with van der Waals surface area (Å²) in [7, 11) is 1.80. The molecule has 3 aromatic rings. The van der Waals surface area contributed by atoms with Crippen molar-refractivity contribution >= 4 is 22.4 Å². The van der Waals surface area contributed by atoms with Crippen LogP contribution in [0.15, 0.2) is 30.6 Å². The summed E-state index contributed by atoms with van der Waals surface area (Å²) in [6, 6.07) is 5.91. The highest BCUT2D eigenvalue weighted by Gasteiger charge is 2.45. The first-order valence-electron chi connectivity index (χ1n) is 15.3. The molecule has 1 N–H and O–H groups in total. The normalized spacial score (nSPS) is 14.9. The molecule has 7 heteroatoms. The summed E-state index contributed by atoms with van der Waals surface area (Å²) < 4.78 is 15.5. The van der Waals surface area contributed by atoms with E-state index >= 15 is 0 Å². The Balaban J connectivity index is 0.000000227. The van der Waals surface area contributed by atoms with E-state index in [0.29, 0.717) is 10.9 Å². The van der Waals surface area contributed by atoms with Crippen LogP contribution < -0.4 is 10.2 Å². The second-order valence-corrected chi connectivity index (χ2v) is 10.7. The molecule has 6 nitrogen and oxygen atoms in total. The molecular formula is C33H52FN5O. The Morgan fingerprint density at radius 2 is 1.77 bits per heavy atom. The number of benzene rings is 1. The van der Waals surface area contributed by atoms with Crippen LogP contribution in [0.4, 0.5) is 10.1 Å². The molecule has 3 heterocycles. The highest BCUT2D eigenvalue weighted by Crippen LogP contribution is 2.39. The van der Waals surface area contributed by atoms with Crippen molar-refractivity contribution in [3.63, 3.8) is 0 Å². The predicted octanol–water partition coefficient (Wildman–Crippen LogP) is 7.35. The van der Waals surface area contributed by atoms with E-state index in [-0.39, 0.29) is 11.6 Å². The van der Waals surface area contributed by atoms with Crippen molar-refractivity contribution in [2.75, 3.05) is 24.5 Å². The van der Waals surface area contributed by atoms with E-state index in [1.165, 1.54) is 42.8 Å². The van der Waals surface area contributed by atoms with Crippen LogP contribution in [0.1, 0.15) is 96.9 Å². The Kier molecular flexibility index (Phi) is 13.7. The van der Waals surface area contributed by atoms with E-state index in [2.05, 4.69) is 40.2 Å². The van der Waals surface area contributed by atoms with Crippen molar-refractivity contribution in [3.8, 4) is 0 Å². The van der Waals surface area contributed by atoms with Gasteiger partial charge in [0.25, 0.3) is 0 Å². The molecule has 1 saturated heterocycles. The molecule has 0 bridgehead atoms. The fourth-order valence-corrected chi connectivity index (χ4v) is 5.12. The van der Waals surface area contributed by atoms with E-state index in [1.807, 2.05) is 46.0 Å². The van der Waals surface area contributed by atoms with E-state index in [9.17, 15) is 9.18 Å². The first-order chi connectivity index (χ1) is 19.2. The largest absolute Gasteiger partial charge is 0.368 e. The zero-order chi connectivity index (χ0) is 29.7. The minimum absolute atomic E-state index is 0.113. The lowest BCUT2D eigenvalue weighted by molar-refractivity contribution is -0.117. The van der Waals surface area contributed by atoms with Crippen LogP contribution in [0.3, 0.4) is 0 Å². The number of pyridine rings is 1. The van der Waals surface area contributed by atoms with Crippen molar-refractivity contribution in [1.82, 2.24) is 20.1 Å². The lowest BCUT2D eigenvalue weighted by atomic mass is 10.0. The second-order valence-electron chi connectivity index (χ2n) is 10.7. The van der Waals surface area contributed by atoms with Crippen LogP contribution in [-0.2, 0) is 24.7 Å². The molecule has 2 aliphatic rings. The van der Waals surface area contributed by atoms with Crippen LogP contribution in [0, 0.1) is 12.7 Å². The van der Waals surface area contributed by atoms with Crippen molar-refractivity contribution in [1.29, 1.82) is 0 Å². The molecule has 1 aliphatic heterocycles. The summed E-state index contributed by atoms with van der Waals surface area (Å²) in [6.45, 7) is 17.5. The number of carbonyl (C=O) groups is 1. The van der Waals surface area contributed by atoms with Gasteiger partial charge in [0, 0.05) is 62.4 Å². The number of piperazine rings is 1. The lowest BCUT2D eigenvalue weighted by Crippen LogP contribution is -2.52. The third kappa shape index (κ3) is 9.39. The maximum absolute atomic E-state index is 13.8. The number of fused-ring (bicyclic) bond motifs is 1. The van der Waals surface area contributed by atoms with E-state index in [1.54, 1.807) is 24.9 Å². The van der Waals surface area contributed by atoms with E-state index < -0.39 is 0 Å². The van der Waals surface area contributed by atoms with Gasteiger partial charge in [0.2, 0.25) is 0 Å². The second kappa shape index (κ2) is 16.5. The zero-order valence-corrected chi connectivity index (χ0v) is 26.2. The van der Waals surface area contributed by atoms with Gasteiger partial charge < -0.3 is 15.0 Å². The van der Waals surface area contributed by atoms with Gasteiger partial charge in [0.05, 0.1) is 10.9 Å². The number of nitrogens with one attached hydrogen (secondary N) is 1. The average molecular weight is 554 g/mol. The number of aromatic nitrogens is 3. The average Bonchev–Trinajstić information content (AvgIpc) is 3.56. The van der Waals surface area contributed by atoms with Crippen LogP contribution in [0.5, 0.6) is 0 Å². The van der Waals surface area contributed by atoms with Gasteiger partial charge in [-0.3, -0.25) is 9.67 Å². The Labute approximate surface area is 241 Å². The molecule has 1 spiro atoms. The van der Waals surface area contributed by atoms with Crippen molar-refractivity contribution in [2.24, 2.45) is 7.05 Å². The minimum atomic E-state index is -0.113. The molecule has 2 fully saturated rings. The van der Waals surface area contributed by atoms with Crippen LogP contribution >= 0.6 is 0 Å². The summed E-state index contributed by atoms with van der Waals surface area (Å²) in [6.07, 6.45) is 12.2. The fourth-order valence-electron chi connectivity index (χ4n) is 5.12. The fraction of sp³-hybridized carbons (Fsp3) is 0.606. The summed E-state index contributed by atoms with van der Waals surface area (Å²) in [4.78, 5) is 17.1. The van der Waals surface area contributed by atoms with Crippen molar-refractivity contribution < 1.29 is 9.18 Å². The number of rotatable bonds is 7. The standard InChI is InChI=1S/C15H23N3.C11H13FN2.C5H10O.C2H6/c1-3-4-13-12(2)16-8-5-14(13)18-10-9-17-15(11-18)6-7-15;1-3-4-8-5-6-10-9(11(8)12)7-14(2)13-10;1-3-4-5(2)6;1-2/h5,8,17H,3-4,6-7,9-11H2,1-2H3;5-7H,3-4H2,1-2H3;3-4H2,1-2H3;1-2H3. The smallest absolute Gasteiger partial charge is 0.137 e. The maximum Gasteiger partial charge on any atom is 0.137 e. The number of Topliss-reactive ketones (excluding diaryl/α,β-unsaturated/α-hetero) is 1. The number of carbonyl (C=O) groups excluding carboxylic acids is 1. The van der Waals surface area contributed by atoms with Gasteiger partial charge in [0.1, 0.15) is 11.6 Å². The minimum Gasteiger partial charge on any atom is -0.368 e. The summed E-state index contributed by atoms with van der Waals surface area (Å²) >= 11 is 0. The molecule has 40 heavy (non-hydrogen) atoms. The number of halogens is 1. The molecule has 1 aromatic carbocycles. The van der Waals surface area contributed by atoms with Gasteiger partial charge in [-0.1, -0.05) is 53.5 Å². The third-order valence-electron chi connectivity index (χ3n) is 7.26. The monoisotopic (exact) mass is 553 g/mol. The molecule has 0 amide bonds. The number of anilines is 1. The summed E-state index contributed by atoms with van der Waals surface area (Å²) in [5.74, 6) is 0.176. The Hall–Kier alpha value is -2.80. The number of aryl methyl sites for hydroxylation is 3. The summed E-state index contributed by atoms with van der Waals surface area (Å²) in [5, 5.41) is 8.45. The lowest BCUT2D eigenvalue weighted by Gasteiger charge is -2.37. The first kappa shape index (κ1) is 33.4. The number of nitrogens with zero attached hydrogens (tertiary/aromatic N) is 4. The van der Waals surface area contributed by atoms with Gasteiger partial charge in [-0.25, -0.2) is 4.39 Å². The molecule has 0 unspecified atom stereocenters. The van der Waals surface area contributed by atoms with Crippen LogP contribution in [0.25, 0.3) is 10.9 Å². The molecule has 5 rings (SSSR count). The van der Waals surface area contributed by atoms with Gasteiger partial charge in [-0.05, 0) is 69.2 Å². The van der Waals surface area contributed by atoms with Crippen LogP contribution in [0.2, 0.25) is 0 Å². The molecule has 2 aromatic heterocycles. The first-order valence-corrected chi connectivity index (χ1v) is 15.3. The van der Waals surface area contributed by atoms with Gasteiger partial charge in [-0.15, -0.1) is 0 Å². The van der Waals surface area contributed by atoms with Gasteiger partial charge in [0.15, 0.2) is 0 Å². The van der Waals surface area contributed by atoms with E-state index in [0.717, 1.165) is 56.3 Å². The van der Waals surface area contributed by atoms with Gasteiger partial charge in [-0.2, -0.15) is 5.10 Å². The molecule has 1 saturated carbocycles. The molecule has 0 radical (unpaired) electrons.